The predicted octanol–water partition coefficient (Wildman–Crippen LogP) is 1.45. The van der Waals surface area contributed by atoms with Crippen molar-refractivity contribution in [3.63, 3.8) is 0 Å². The van der Waals surface area contributed by atoms with E-state index >= 15 is 0 Å². The number of H-pyrrole nitrogens is 1. The molecule has 0 bridgehead atoms. The van der Waals surface area contributed by atoms with Crippen LogP contribution >= 0.6 is 0 Å². The minimum Gasteiger partial charge on any atom is -0.359 e. The maximum absolute atomic E-state index is 5.79. The van der Waals surface area contributed by atoms with Crippen LogP contribution in [0.4, 0.5) is 0 Å². The second kappa shape index (κ2) is 3.45. The molecule has 0 aromatic carbocycles. The van der Waals surface area contributed by atoms with Crippen LogP contribution in [0, 0.1) is 0 Å². The van der Waals surface area contributed by atoms with Crippen LogP contribution in [0.5, 0.6) is 0 Å². The van der Waals surface area contributed by atoms with Gasteiger partial charge in [-0.3, -0.25) is 0 Å². The largest absolute Gasteiger partial charge is 0.359 e. The van der Waals surface area contributed by atoms with Gasteiger partial charge in [-0.1, -0.05) is 11.6 Å². The highest BCUT2D eigenvalue weighted by atomic mass is 16.5. The molecule has 1 fully saturated rings. The Morgan fingerprint density at radius 2 is 2.38 bits per heavy atom. The Balaban J connectivity index is 1.93. The molecule has 16 heavy (non-hydrogen) atoms. The lowest BCUT2D eigenvalue weighted by Crippen LogP contribution is -2.41. The number of aromatic nitrogens is 3. The predicted molar refractivity (Wildman–Crippen MR) is 58.7 cm³/mol. The summed E-state index contributed by atoms with van der Waals surface area (Å²) in [5.41, 5.74) is 6.61. The van der Waals surface area contributed by atoms with Crippen molar-refractivity contribution in [3.05, 3.63) is 24.2 Å². The SMILES string of the molecule is NCC1(c2nc(-c3ccc[nH]3)no2)CCC1. The zero-order valence-corrected chi connectivity index (χ0v) is 8.94. The first kappa shape index (κ1) is 9.59. The quantitative estimate of drug-likeness (QED) is 0.816. The van der Waals surface area contributed by atoms with E-state index < -0.39 is 0 Å². The van der Waals surface area contributed by atoms with Gasteiger partial charge in [0.2, 0.25) is 11.7 Å². The highest BCUT2D eigenvalue weighted by Gasteiger charge is 2.42. The first-order valence-electron chi connectivity index (χ1n) is 5.52. The Labute approximate surface area is 93.0 Å². The van der Waals surface area contributed by atoms with Crippen molar-refractivity contribution in [1.82, 2.24) is 15.1 Å². The first-order valence-corrected chi connectivity index (χ1v) is 5.52. The van der Waals surface area contributed by atoms with Crippen molar-refractivity contribution in [1.29, 1.82) is 0 Å². The van der Waals surface area contributed by atoms with Crippen LogP contribution in [0.3, 0.4) is 0 Å². The molecule has 0 atom stereocenters. The van der Waals surface area contributed by atoms with Crippen molar-refractivity contribution in [2.45, 2.75) is 24.7 Å². The summed E-state index contributed by atoms with van der Waals surface area (Å²) in [6.45, 7) is 0.583. The van der Waals surface area contributed by atoms with Crippen molar-refractivity contribution >= 4 is 0 Å². The maximum Gasteiger partial charge on any atom is 0.234 e. The fourth-order valence-corrected chi connectivity index (χ4v) is 2.13. The van der Waals surface area contributed by atoms with E-state index in [-0.39, 0.29) is 5.41 Å². The zero-order valence-electron chi connectivity index (χ0n) is 8.94. The second-order valence-electron chi connectivity index (χ2n) is 4.34. The minimum absolute atomic E-state index is 0.0577. The summed E-state index contributed by atoms with van der Waals surface area (Å²) in [4.78, 5) is 7.48. The van der Waals surface area contributed by atoms with Gasteiger partial charge in [-0.15, -0.1) is 0 Å². The van der Waals surface area contributed by atoms with Crippen LogP contribution in [0.2, 0.25) is 0 Å². The molecule has 5 nitrogen and oxygen atoms in total. The first-order chi connectivity index (χ1) is 7.84. The fourth-order valence-electron chi connectivity index (χ4n) is 2.13. The van der Waals surface area contributed by atoms with Gasteiger partial charge in [-0.05, 0) is 25.0 Å². The number of hydrogen-bond acceptors (Lipinski definition) is 4. The average molecular weight is 218 g/mol. The lowest BCUT2D eigenvalue weighted by molar-refractivity contribution is 0.182. The molecular formula is C11H14N4O. The Bertz CT molecular complexity index is 464. The minimum atomic E-state index is -0.0577. The van der Waals surface area contributed by atoms with Crippen molar-refractivity contribution in [2.24, 2.45) is 5.73 Å². The molecule has 2 heterocycles. The van der Waals surface area contributed by atoms with Gasteiger partial charge in [0, 0.05) is 12.7 Å². The number of nitrogens with zero attached hydrogens (tertiary/aromatic N) is 2. The third-order valence-corrected chi connectivity index (χ3v) is 3.42. The molecule has 0 amide bonds. The van der Waals surface area contributed by atoms with Gasteiger partial charge in [0.1, 0.15) is 0 Å². The van der Waals surface area contributed by atoms with Gasteiger partial charge < -0.3 is 15.2 Å². The van der Waals surface area contributed by atoms with Gasteiger partial charge in [-0.2, -0.15) is 4.98 Å². The molecule has 2 aromatic rings. The summed E-state index contributed by atoms with van der Waals surface area (Å²) in [6.07, 6.45) is 5.14. The van der Waals surface area contributed by atoms with Crippen LogP contribution in [-0.2, 0) is 5.41 Å². The third kappa shape index (κ3) is 1.28. The number of nitrogens with one attached hydrogen (secondary N) is 1. The molecule has 0 unspecified atom stereocenters. The summed E-state index contributed by atoms with van der Waals surface area (Å²) in [7, 11) is 0. The van der Waals surface area contributed by atoms with Crippen molar-refractivity contribution in [3.8, 4) is 11.5 Å². The normalized spacial score (nSPS) is 18.3. The number of nitrogens with two attached hydrogens (primary N) is 1. The van der Waals surface area contributed by atoms with Crippen molar-refractivity contribution < 1.29 is 4.52 Å². The topological polar surface area (TPSA) is 80.7 Å². The monoisotopic (exact) mass is 218 g/mol. The van der Waals surface area contributed by atoms with Gasteiger partial charge in [0.25, 0.3) is 0 Å². The molecule has 1 saturated carbocycles. The molecule has 1 aliphatic carbocycles. The van der Waals surface area contributed by atoms with E-state index in [9.17, 15) is 0 Å². The molecular weight excluding hydrogens is 204 g/mol. The van der Waals surface area contributed by atoms with E-state index in [0.717, 1.165) is 18.5 Å². The van der Waals surface area contributed by atoms with Crippen LogP contribution in [0.15, 0.2) is 22.9 Å². The molecule has 3 rings (SSSR count). The smallest absolute Gasteiger partial charge is 0.234 e. The van der Waals surface area contributed by atoms with Gasteiger partial charge in [-0.25, -0.2) is 0 Å². The van der Waals surface area contributed by atoms with Gasteiger partial charge >= 0.3 is 0 Å². The number of aromatic amines is 1. The lowest BCUT2D eigenvalue weighted by Gasteiger charge is -2.36. The molecule has 5 heteroatoms. The molecule has 0 aliphatic heterocycles. The van der Waals surface area contributed by atoms with Gasteiger partial charge in [0.15, 0.2) is 0 Å². The lowest BCUT2D eigenvalue weighted by atomic mass is 9.69. The second-order valence-corrected chi connectivity index (χ2v) is 4.34. The van der Waals surface area contributed by atoms with Crippen LogP contribution in [0.1, 0.15) is 25.2 Å². The molecule has 0 radical (unpaired) electrons. The third-order valence-electron chi connectivity index (χ3n) is 3.42. The Morgan fingerprint density at radius 1 is 1.50 bits per heavy atom. The maximum atomic E-state index is 5.79. The Kier molecular flexibility index (Phi) is 2.07. The number of hydrogen-bond donors (Lipinski definition) is 2. The van der Waals surface area contributed by atoms with Crippen LogP contribution < -0.4 is 5.73 Å². The Morgan fingerprint density at radius 3 is 2.94 bits per heavy atom. The molecule has 3 N–H and O–H groups in total. The van der Waals surface area contributed by atoms with E-state index in [1.165, 1.54) is 6.42 Å². The summed E-state index contributed by atoms with van der Waals surface area (Å²) in [5.74, 6) is 1.30. The van der Waals surface area contributed by atoms with Crippen molar-refractivity contribution in [2.75, 3.05) is 6.54 Å². The van der Waals surface area contributed by atoms with E-state index in [0.29, 0.717) is 18.3 Å². The van der Waals surface area contributed by atoms with Crippen LogP contribution in [0.25, 0.3) is 11.5 Å². The molecule has 0 spiro atoms. The van der Waals surface area contributed by atoms with E-state index in [4.69, 9.17) is 10.3 Å². The van der Waals surface area contributed by atoms with Gasteiger partial charge in [0.05, 0.1) is 11.1 Å². The molecule has 84 valence electrons. The summed E-state index contributed by atoms with van der Waals surface area (Å²) >= 11 is 0. The summed E-state index contributed by atoms with van der Waals surface area (Å²) in [6, 6.07) is 3.83. The molecule has 1 aliphatic rings. The average Bonchev–Trinajstić information content (AvgIpc) is 2.86. The summed E-state index contributed by atoms with van der Waals surface area (Å²) in [5, 5.41) is 3.98. The van der Waals surface area contributed by atoms with Crippen LogP contribution in [-0.4, -0.2) is 21.7 Å². The Hall–Kier alpha value is -1.62. The fraction of sp³-hybridized carbons (Fsp3) is 0.455. The number of rotatable bonds is 3. The molecule has 0 saturated heterocycles. The van der Waals surface area contributed by atoms with E-state index in [1.54, 1.807) is 0 Å². The summed E-state index contributed by atoms with van der Waals surface area (Å²) < 4.78 is 5.33. The zero-order chi connectivity index (χ0) is 11.0. The highest BCUT2D eigenvalue weighted by molar-refractivity contribution is 5.48. The van der Waals surface area contributed by atoms with E-state index in [2.05, 4.69) is 15.1 Å². The highest BCUT2D eigenvalue weighted by Crippen LogP contribution is 2.42. The molecule has 2 aromatic heterocycles. The standard InChI is InChI=1S/C11H14N4O/c12-7-11(4-2-5-11)10-14-9(15-16-10)8-3-1-6-13-8/h1,3,6,13H,2,4-5,7,12H2. The van der Waals surface area contributed by atoms with E-state index in [1.807, 2.05) is 18.3 Å².